The first kappa shape index (κ1) is 11.8. The summed E-state index contributed by atoms with van der Waals surface area (Å²) >= 11 is 5.64. The van der Waals surface area contributed by atoms with Crippen molar-refractivity contribution in [3.63, 3.8) is 0 Å². The molecule has 5 heteroatoms. The van der Waals surface area contributed by atoms with Crippen molar-refractivity contribution >= 4 is 11.6 Å². The summed E-state index contributed by atoms with van der Waals surface area (Å²) in [7, 11) is 0. The van der Waals surface area contributed by atoms with Gasteiger partial charge in [0.25, 0.3) is 0 Å². The zero-order chi connectivity index (χ0) is 11.8. The standard InChI is InChI=1S/C11H13ClF2N2/c12-8-5-7(1-2-9(8)13)10(15)11(14)3-4-16-6-11/h1-2,5,10,16H,3-4,6,15H2/t10-,11-/m1/s1. The summed E-state index contributed by atoms with van der Waals surface area (Å²) in [5.74, 6) is -0.518. The molecule has 0 unspecified atom stereocenters. The highest BCUT2D eigenvalue weighted by Crippen LogP contribution is 2.34. The fourth-order valence-electron chi connectivity index (χ4n) is 1.95. The van der Waals surface area contributed by atoms with Crippen molar-refractivity contribution < 1.29 is 8.78 Å². The van der Waals surface area contributed by atoms with E-state index in [9.17, 15) is 8.78 Å². The van der Waals surface area contributed by atoms with Gasteiger partial charge in [0.2, 0.25) is 0 Å². The SMILES string of the molecule is N[C@H](c1ccc(F)c(Cl)c1)[C@@]1(F)CCNC1. The molecule has 3 N–H and O–H groups in total. The summed E-state index contributed by atoms with van der Waals surface area (Å²) in [4.78, 5) is 0. The van der Waals surface area contributed by atoms with Gasteiger partial charge in [0.05, 0.1) is 11.1 Å². The summed E-state index contributed by atoms with van der Waals surface area (Å²) < 4.78 is 27.3. The lowest BCUT2D eigenvalue weighted by molar-refractivity contribution is 0.150. The maximum absolute atomic E-state index is 14.3. The number of alkyl halides is 1. The van der Waals surface area contributed by atoms with Crippen LogP contribution in [-0.4, -0.2) is 18.8 Å². The molecule has 0 aromatic heterocycles. The van der Waals surface area contributed by atoms with Gasteiger partial charge in [-0.05, 0) is 30.7 Å². The summed E-state index contributed by atoms with van der Waals surface area (Å²) in [6, 6.07) is 3.30. The van der Waals surface area contributed by atoms with Gasteiger partial charge in [0.1, 0.15) is 11.5 Å². The molecule has 1 aliphatic heterocycles. The van der Waals surface area contributed by atoms with Crippen LogP contribution >= 0.6 is 11.6 Å². The molecule has 0 bridgehead atoms. The van der Waals surface area contributed by atoms with Gasteiger partial charge in [-0.15, -0.1) is 0 Å². The molecule has 2 rings (SSSR count). The molecule has 0 radical (unpaired) electrons. The molecule has 2 nitrogen and oxygen atoms in total. The van der Waals surface area contributed by atoms with Crippen LogP contribution in [0.3, 0.4) is 0 Å². The Kier molecular flexibility index (Phi) is 3.15. The molecule has 1 fully saturated rings. The van der Waals surface area contributed by atoms with E-state index >= 15 is 0 Å². The quantitative estimate of drug-likeness (QED) is 0.840. The molecule has 0 saturated carbocycles. The maximum atomic E-state index is 14.3. The van der Waals surface area contributed by atoms with Crippen LogP contribution < -0.4 is 11.1 Å². The minimum atomic E-state index is -1.47. The van der Waals surface area contributed by atoms with Crippen molar-refractivity contribution in [2.45, 2.75) is 18.1 Å². The van der Waals surface area contributed by atoms with Crippen molar-refractivity contribution in [1.29, 1.82) is 0 Å². The third-order valence-electron chi connectivity index (χ3n) is 3.00. The highest BCUT2D eigenvalue weighted by molar-refractivity contribution is 6.30. The van der Waals surface area contributed by atoms with Crippen molar-refractivity contribution in [1.82, 2.24) is 5.32 Å². The summed E-state index contributed by atoms with van der Waals surface area (Å²) in [6.07, 6.45) is 0.364. The second kappa shape index (κ2) is 4.28. The zero-order valence-electron chi connectivity index (χ0n) is 8.64. The zero-order valence-corrected chi connectivity index (χ0v) is 9.40. The summed E-state index contributed by atoms with van der Waals surface area (Å²) in [6.45, 7) is 0.836. The Labute approximate surface area is 97.8 Å². The van der Waals surface area contributed by atoms with Gasteiger partial charge < -0.3 is 11.1 Å². The third kappa shape index (κ3) is 2.05. The van der Waals surface area contributed by atoms with Gasteiger partial charge in [0, 0.05) is 6.54 Å². The van der Waals surface area contributed by atoms with Crippen LogP contribution in [0.25, 0.3) is 0 Å². The van der Waals surface area contributed by atoms with Crippen LogP contribution in [0.4, 0.5) is 8.78 Å². The number of benzene rings is 1. The Bertz CT molecular complexity index is 392. The topological polar surface area (TPSA) is 38.0 Å². The molecular weight excluding hydrogens is 234 g/mol. The second-order valence-electron chi connectivity index (χ2n) is 4.11. The minimum Gasteiger partial charge on any atom is -0.321 e. The Hall–Kier alpha value is -0.710. The predicted molar refractivity (Wildman–Crippen MR) is 59.7 cm³/mol. The average molecular weight is 247 g/mol. The highest BCUT2D eigenvalue weighted by Gasteiger charge is 2.40. The first-order chi connectivity index (χ1) is 7.53. The Morgan fingerprint density at radius 1 is 1.50 bits per heavy atom. The molecular formula is C11H13ClF2N2. The summed E-state index contributed by atoms with van der Waals surface area (Å²) in [5, 5.41) is 2.90. The lowest BCUT2D eigenvalue weighted by Crippen LogP contribution is -2.39. The number of hydrogen-bond donors (Lipinski definition) is 2. The van der Waals surface area contributed by atoms with E-state index in [-0.39, 0.29) is 11.6 Å². The van der Waals surface area contributed by atoms with E-state index in [4.69, 9.17) is 17.3 Å². The van der Waals surface area contributed by atoms with E-state index in [1.165, 1.54) is 18.2 Å². The second-order valence-corrected chi connectivity index (χ2v) is 4.52. The molecule has 0 aliphatic carbocycles. The number of hydrogen-bond acceptors (Lipinski definition) is 2. The molecule has 1 saturated heterocycles. The Morgan fingerprint density at radius 3 is 2.81 bits per heavy atom. The van der Waals surface area contributed by atoms with Crippen LogP contribution in [0.5, 0.6) is 0 Å². The van der Waals surface area contributed by atoms with Gasteiger partial charge in [-0.2, -0.15) is 0 Å². The molecule has 0 spiro atoms. The average Bonchev–Trinajstić information content (AvgIpc) is 2.70. The van der Waals surface area contributed by atoms with Gasteiger partial charge in [-0.1, -0.05) is 17.7 Å². The van der Waals surface area contributed by atoms with E-state index in [1.54, 1.807) is 0 Å². The van der Waals surface area contributed by atoms with Crippen LogP contribution in [0.1, 0.15) is 18.0 Å². The van der Waals surface area contributed by atoms with Crippen LogP contribution in [0, 0.1) is 5.82 Å². The minimum absolute atomic E-state index is 0.0255. The van der Waals surface area contributed by atoms with Gasteiger partial charge in [0.15, 0.2) is 0 Å². The monoisotopic (exact) mass is 246 g/mol. The fourth-order valence-corrected chi connectivity index (χ4v) is 2.14. The Morgan fingerprint density at radius 2 is 2.25 bits per heavy atom. The van der Waals surface area contributed by atoms with Crippen LogP contribution in [0.15, 0.2) is 18.2 Å². The molecule has 2 atom stereocenters. The number of halogens is 3. The van der Waals surface area contributed by atoms with Crippen molar-refractivity contribution in [3.8, 4) is 0 Å². The van der Waals surface area contributed by atoms with Crippen LogP contribution in [0.2, 0.25) is 5.02 Å². The number of nitrogens with one attached hydrogen (secondary N) is 1. The van der Waals surface area contributed by atoms with E-state index < -0.39 is 17.5 Å². The largest absolute Gasteiger partial charge is 0.321 e. The Balaban J connectivity index is 2.26. The summed E-state index contributed by atoms with van der Waals surface area (Å²) in [5.41, 5.74) is 4.91. The van der Waals surface area contributed by atoms with Gasteiger partial charge in [-0.3, -0.25) is 0 Å². The van der Waals surface area contributed by atoms with Crippen molar-refractivity contribution in [2.75, 3.05) is 13.1 Å². The molecule has 1 aromatic rings. The highest BCUT2D eigenvalue weighted by atomic mass is 35.5. The smallest absolute Gasteiger partial charge is 0.143 e. The maximum Gasteiger partial charge on any atom is 0.143 e. The lowest BCUT2D eigenvalue weighted by atomic mass is 9.90. The number of nitrogens with two attached hydrogens (primary N) is 1. The predicted octanol–water partition coefficient (Wildman–Crippen LogP) is 2.18. The van der Waals surface area contributed by atoms with Gasteiger partial charge in [-0.25, -0.2) is 8.78 Å². The first-order valence-electron chi connectivity index (χ1n) is 5.13. The lowest BCUT2D eigenvalue weighted by Gasteiger charge is -2.26. The molecule has 1 aromatic carbocycles. The third-order valence-corrected chi connectivity index (χ3v) is 3.29. The molecule has 88 valence electrons. The van der Waals surface area contributed by atoms with Crippen molar-refractivity contribution in [3.05, 3.63) is 34.6 Å². The van der Waals surface area contributed by atoms with E-state index in [1.807, 2.05) is 0 Å². The van der Waals surface area contributed by atoms with E-state index in [2.05, 4.69) is 5.32 Å². The molecule has 0 amide bonds. The fraction of sp³-hybridized carbons (Fsp3) is 0.455. The van der Waals surface area contributed by atoms with E-state index in [0.29, 0.717) is 18.5 Å². The number of rotatable bonds is 2. The molecule has 1 aliphatic rings. The van der Waals surface area contributed by atoms with Crippen molar-refractivity contribution in [2.24, 2.45) is 5.73 Å². The molecule has 1 heterocycles. The van der Waals surface area contributed by atoms with E-state index in [0.717, 1.165) is 0 Å². The molecule has 16 heavy (non-hydrogen) atoms. The normalized spacial score (nSPS) is 27.0. The van der Waals surface area contributed by atoms with Crippen LogP contribution in [-0.2, 0) is 0 Å². The van der Waals surface area contributed by atoms with Gasteiger partial charge >= 0.3 is 0 Å². The first-order valence-corrected chi connectivity index (χ1v) is 5.51.